The van der Waals surface area contributed by atoms with Crippen LogP contribution >= 0.6 is 12.2 Å². The van der Waals surface area contributed by atoms with E-state index < -0.39 is 0 Å². The molecule has 0 spiro atoms. The van der Waals surface area contributed by atoms with Gasteiger partial charge in [-0.2, -0.15) is 0 Å². The van der Waals surface area contributed by atoms with Crippen molar-refractivity contribution in [2.75, 3.05) is 26.7 Å². The SMILES string of the molecule is CCc1cccc2c(/C=C3/C(=O)N(CC)C(=S)N3C)cn(CC(=O)N3CCCCC3)c12. The largest absolute Gasteiger partial charge is 0.341 e. The van der Waals surface area contributed by atoms with Crippen molar-refractivity contribution in [1.82, 2.24) is 19.3 Å². The fourth-order valence-corrected chi connectivity index (χ4v) is 4.93. The summed E-state index contributed by atoms with van der Waals surface area (Å²) < 4.78 is 2.06. The van der Waals surface area contributed by atoms with E-state index in [0.29, 0.717) is 23.9 Å². The van der Waals surface area contributed by atoms with Crippen molar-refractivity contribution in [2.45, 2.75) is 46.1 Å². The second kappa shape index (κ2) is 8.83. The molecular formula is C24H30N4O2S. The van der Waals surface area contributed by atoms with Crippen LogP contribution in [-0.2, 0) is 22.6 Å². The maximum absolute atomic E-state index is 13.0. The van der Waals surface area contributed by atoms with Crippen LogP contribution in [0.1, 0.15) is 44.2 Å². The summed E-state index contributed by atoms with van der Waals surface area (Å²) in [5.41, 5.74) is 3.78. The first-order valence-electron chi connectivity index (χ1n) is 11.2. The number of benzene rings is 1. The smallest absolute Gasteiger partial charge is 0.276 e. The van der Waals surface area contributed by atoms with Gasteiger partial charge in [-0.3, -0.25) is 14.5 Å². The quantitative estimate of drug-likeness (QED) is 0.528. The topological polar surface area (TPSA) is 48.8 Å². The molecule has 2 saturated heterocycles. The Hall–Kier alpha value is -2.67. The number of aryl methyl sites for hydroxylation is 1. The third-order valence-corrected chi connectivity index (χ3v) is 6.85. The summed E-state index contributed by atoms with van der Waals surface area (Å²) >= 11 is 5.44. The highest BCUT2D eigenvalue weighted by Crippen LogP contribution is 2.30. The molecular weight excluding hydrogens is 408 g/mol. The first-order chi connectivity index (χ1) is 15.0. The van der Waals surface area contributed by atoms with Crippen LogP contribution in [-0.4, -0.2) is 62.9 Å². The highest BCUT2D eigenvalue weighted by atomic mass is 32.1. The summed E-state index contributed by atoms with van der Waals surface area (Å²) in [6.07, 6.45) is 8.16. The molecule has 0 bridgehead atoms. The number of likely N-dealkylation sites (N-methyl/N-ethyl adjacent to an activating group) is 2. The van der Waals surface area contributed by atoms with Crippen molar-refractivity contribution in [3.63, 3.8) is 0 Å². The van der Waals surface area contributed by atoms with Crippen LogP contribution in [0.15, 0.2) is 30.1 Å². The third kappa shape index (κ3) is 3.87. The molecule has 3 heterocycles. The summed E-state index contributed by atoms with van der Waals surface area (Å²) in [6, 6.07) is 6.23. The van der Waals surface area contributed by atoms with E-state index in [1.54, 1.807) is 9.80 Å². The van der Waals surface area contributed by atoms with Crippen LogP contribution in [0.3, 0.4) is 0 Å². The average Bonchev–Trinajstić information content (AvgIpc) is 3.24. The Balaban J connectivity index is 1.76. The normalized spacial score (nSPS) is 18.7. The van der Waals surface area contributed by atoms with Gasteiger partial charge in [0.2, 0.25) is 5.91 Å². The Morgan fingerprint density at radius 3 is 2.55 bits per heavy atom. The molecule has 2 aromatic rings. The van der Waals surface area contributed by atoms with Gasteiger partial charge >= 0.3 is 0 Å². The number of amides is 2. The van der Waals surface area contributed by atoms with Crippen LogP contribution in [0.2, 0.25) is 0 Å². The van der Waals surface area contributed by atoms with Gasteiger partial charge in [-0.05, 0) is 56.5 Å². The fraction of sp³-hybridized carbons (Fsp3) is 0.458. The van der Waals surface area contributed by atoms with Crippen molar-refractivity contribution in [2.24, 2.45) is 0 Å². The lowest BCUT2D eigenvalue weighted by Crippen LogP contribution is -2.37. The molecule has 6 nitrogen and oxygen atoms in total. The molecule has 2 amide bonds. The zero-order chi connectivity index (χ0) is 22.1. The molecule has 2 aliphatic rings. The number of carbonyl (C=O) groups excluding carboxylic acids is 2. The van der Waals surface area contributed by atoms with Crippen LogP contribution < -0.4 is 0 Å². The Kier molecular flexibility index (Phi) is 6.14. The van der Waals surface area contributed by atoms with Gasteiger partial charge in [-0.1, -0.05) is 25.1 Å². The van der Waals surface area contributed by atoms with E-state index in [1.807, 2.05) is 37.2 Å². The summed E-state index contributed by atoms with van der Waals surface area (Å²) in [4.78, 5) is 31.2. The van der Waals surface area contributed by atoms with Crippen LogP contribution in [0.4, 0.5) is 0 Å². The first kappa shape index (κ1) is 21.6. The minimum absolute atomic E-state index is 0.0769. The summed E-state index contributed by atoms with van der Waals surface area (Å²) in [5.74, 6) is 0.0843. The minimum atomic E-state index is -0.0769. The Labute approximate surface area is 189 Å². The molecule has 31 heavy (non-hydrogen) atoms. The van der Waals surface area contributed by atoms with Crippen molar-refractivity contribution < 1.29 is 9.59 Å². The predicted octanol–water partition coefficient (Wildman–Crippen LogP) is 3.64. The molecule has 0 N–H and O–H groups in total. The van der Waals surface area contributed by atoms with E-state index >= 15 is 0 Å². The minimum Gasteiger partial charge on any atom is -0.341 e. The molecule has 164 valence electrons. The number of carbonyl (C=O) groups is 2. The van der Waals surface area contributed by atoms with Crippen LogP contribution in [0.5, 0.6) is 0 Å². The van der Waals surface area contributed by atoms with Crippen LogP contribution in [0, 0.1) is 0 Å². The predicted molar refractivity (Wildman–Crippen MR) is 127 cm³/mol. The van der Waals surface area contributed by atoms with E-state index in [0.717, 1.165) is 48.8 Å². The third-order valence-electron chi connectivity index (χ3n) is 6.36. The van der Waals surface area contributed by atoms with Gasteiger partial charge in [-0.15, -0.1) is 0 Å². The lowest BCUT2D eigenvalue weighted by molar-refractivity contribution is -0.132. The number of hydrogen-bond acceptors (Lipinski definition) is 3. The van der Waals surface area contributed by atoms with Crippen molar-refractivity contribution >= 4 is 46.1 Å². The molecule has 2 aliphatic heterocycles. The van der Waals surface area contributed by atoms with Gasteiger partial charge in [0.15, 0.2) is 5.11 Å². The van der Waals surface area contributed by atoms with Crippen LogP contribution in [0.25, 0.3) is 17.0 Å². The van der Waals surface area contributed by atoms with Crippen molar-refractivity contribution in [3.8, 4) is 0 Å². The summed E-state index contributed by atoms with van der Waals surface area (Å²) in [7, 11) is 1.83. The molecule has 0 aliphatic carbocycles. The fourth-order valence-electron chi connectivity index (χ4n) is 4.62. The number of aromatic nitrogens is 1. The van der Waals surface area contributed by atoms with Gasteiger partial charge in [-0.25, -0.2) is 0 Å². The molecule has 1 aromatic heterocycles. The first-order valence-corrected chi connectivity index (χ1v) is 11.6. The van der Waals surface area contributed by atoms with Gasteiger partial charge < -0.3 is 14.4 Å². The molecule has 7 heteroatoms. The maximum Gasteiger partial charge on any atom is 0.276 e. The van der Waals surface area contributed by atoms with Crippen molar-refractivity contribution in [1.29, 1.82) is 0 Å². The second-order valence-electron chi connectivity index (χ2n) is 8.24. The molecule has 1 aromatic carbocycles. The van der Waals surface area contributed by atoms with E-state index in [4.69, 9.17) is 12.2 Å². The molecule has 0 atom stereocenters. The molecule has 4 rings (SSSR count). The van der Waals surface area contributed by atoms with Gasteiger partial charge in [0.1, 0.15) is 12.2 Å². The lowest BCUT2D eigenvalue weighted by Gasteiger charge is -2.27. The number of piperidine rings is 1. The lowest BCUT2D eigenvalue weighted by atomic mass is 10.1. The Bertz CT molecular complexity index is 1060. The Morgan fingerprint density at radius 2 is 1.90 bits per heavy atom. The number of thiocarbonyl (C=S) groups is 1. The maximum atomic E-state index is 13.0. The number of rotatable bonds is 5. The number of fused-ring (bicyclic) bond motifs is 1. The Morgan fingerprint density at radius 1 is 1.16 bits per heavy atom. The highest BCUT2D eigenvalue weighted by Gasteiger charge is 2.34. The average molecular weight is 439 g/mol. The summed E-state index contributed by atoms with van der Waals surface area (Å²) in [5, 5.41) is 1.58. The number of hydrogen-bond donors (Lipinski definition) is 0. The van der Waals surface area contributed by atoms with Gasteiger partial charge in [0.05, 0.1) is 5.52 Å². The van der Waals surface area contributed by atoms with E-state index in [9.17, 15) is 9.59 Å². The van der Waals surface area contributed by atoms with E-state index in [1.165, 1.54) is 12.0 Å². The second-order valence-corrected chi connectivity index (χ2v) is 8.61. The number of nitrogens with zero attached hydrogens (tertiary/aromatic N) is 4. The molecule has 2 fully saturated rings. The molecule has 0 saturated carbocycles. The van der Waals surface area contributed by atoms with E-state index in [2.05, 4.69) is 23.6 Å². The zero-order valence-corrected chi connectivity index (χ0v) is 19.4. The number of para-hydroxylation sites is 1. The zero-order valence-electron chi connectivity index (χ0n) is 18.6. The summed E-state index contributed by atoms with van der Waals surface area (Å²) in [6.45, 7) is 6.61. The molecule has 0 radical (unpaired) electrons. The monoisotopic (exact) mass is 438 g/mol. The van der Waals surface area contributed by atoms with Gasteiger partial charge in [0.25, 0.3) is 5.91 Å². The van der Waals surface area contributed by atoms with Crippen molar-refractivity contribution in [3.05, 3.63) is 41.2 Å². The van der Waals surface area contributed by atoms with E-state index in [-0.39, 0.29) is 11.8 Å². The van der Waals surface area contributed by atoms with Gasteiger partial charge in [0, 0.05) is 43.8 Å². The number of likely N-dealkylation sites (tertiary alicyclic amines) is 1. The standard InChI is InChI=1S/C24H30N4O2S/c1-4-17-10-9-11-19-18(14-20-23(30)28(5-2)24(31)25(20)3)15-27(22(17)19)16-21(29)26-12-7-6-8-13-26/h9-11,14-15H,4-8,12-13,16H2,1-3H3/b20-14-. The highest BCUT2D eigenvalue weighted by molar-refractivity contribution is 7.80. The molecule has 0 unspecified atom stereocenters.